The molecule has 19 heavy (non-hydrogen) atoms. The van der Waals surface area contributed by atoms with E-state index in [1.54, 1.807) is 0 Å². The van der Waals surface area contributed by atoms with E-state index >= 15 is 0 Å². The molecule has 0 saturated carbocycles. The van der Waals surface area contributed by atoms with Crippen molar-refractivity contribution in [3.05, 3.63) is 29.8 Å². The first-order valence-electron chi connectivity index (χ1n) is 6.46. The fraction of sp³-hybridized carbons (Fsp3) is 0.500. The number of halogens is 1. The van der Waals surface area contributed by atoms with Gasteiger partial charge < -0.3 is 10.6 Å². The average molecular weight is 284 g/mol. The SMILES string of the molecule is CC(=O)Nc1ccc(CN2CCN[C@@H](C)C2)cc1.Cl. The number of hydrogen-bond acceptors (Lipinski definition) is 3. The summed E-state index contributed by atoms with van der Waals surface area (Å²) < 4.78 is 0. The van der Waals surface area contributed by atoms with Gasteiger partial charge in [-0.1, -0.05) is 12.1 Å². The van der Waals surface area contributed by atoms with Gasteiger partial charge in [-0.3, -0.25) is 9.69 Å². The van der Waals surface area contributed by atoms with Crippen LogP contribution in [0.5, 0.6) is 0 Å². The molecular weight excluding hydrogens is 262 g/mol. The number of benzene rings is 1. The van der Waals surface area contributed by atoms with Crippen LogP contribution in [0, 0.1) is 0 Å². The summed E-state index contributed by atoms with van der Waals surface area (Å²) in [5.41, 5.74) is 2.15. The maximum atomic E-state index is 10.9. The molecule has 1 aromatic carbocycles. The van der Waals surface area contributed by atoms with Gasteiger partial charge >= 0.3 is 0 Å². The number of carbonyl (C=O) groups excluding carboxylic acids is 1. The van der Waals surface area contributed by atoms with Gasteiger partial charge in [0.25, 0.3) is 0 Å². The number of anilines is 1. The molecule has 5 heteroatoms. The van der Waals surface area contributed by atoms with Gasteiger partial charge in [-0.25, -0.2) is 0 Å². The monoisotopic (exact) mass is 283 g/mol. The molecule has 1 saturated heterocycles. The molecule has 2 rings (SSSR count). The van der Waals surface area contributed by atoms with Crippen LogP contribution in [0.2, 0.25) is 0 Å². The fourth-order valence-electron chi connectivity index (χ4n) is 2.31. The van der Waals surface area contributed by atoms with E-state index in [4.69, 9.17) is 0 Å². The number of carbonyl (C=O) groups is 1. The molecule has 4 nitrogen and oxygen atoms in total. The standard InChI is InChI=1S/C14H21N3O.ClH/c1-11-9-17(8-7-15-11)10-13-3-5-14(6-4-13)16-12(2)18;/h3-6,11,15H,7-10H2,1-2H3,(H,16,18);1H/t11-;/m0./s1. The molecule has 0 unspecified atom stereocenters. The minimum Gasteiger partial charge on any atom is -0.326 e. The molecule has 1 aromatic rings. The number of piperazine rings is 1. The maximum absolute atomic E-state index is 10.9. The quantitative estimate of drug-likeness (QED) is 0.890. The summed E-state index contributed by atoms with van der Waals surface area (Å²) in [4.78, 5) is 13.4. The van der Waals surface area contributed by atoms with Gasteiger partial charge in [-0.2, -0.15) is 0 Å². The van der Waals surface area contributed by atoms with E-state index in [0.717, 1.165) is 31.9 Å². The van der Waals surface area contributed by atoms with Gasteiger partial charge in [0.05, 0.1) is 0 Å². The number of rotatable bonds is 3. The van der Waals surface area contributed by atoms with Gasteiger partial charge in [0.2, 0.25) is 5.91 Å². The summed E-state index contributed by atoms with van der Waals surface area (Å²) in [7, 11) is 0. The van der Waals surface area contributed by atoms with E-state index < -0.39 is 0 Å². The minimum atomic E-state index is -0.0290. The average Bonchev–Trinajstić information content (AvgIpc) is 2.31. The van der Waals surface area contributed by atoms with Crippen LogP contribution in [0.25, 0.3) is 0 Å². The summed E-state index contributed by atoms with van der Waals surface area (Å²) in [6.07, 6.45) is 0. The third kappa shape index (κ3) is 5.19. The van der Waals surface area contributed by atoms with E-state index in [0.29, 0.717) is 6.04 Å². The van der Waals surface area contributed by atoms with Crippen molar-refractivity contribution in [2.24, 2.45) is 0 Å². The van der Waals surface area contributed by atoms with Crippen LogP contribution in [-0.2, 0) is 11.3 Å². The summed E-state index contributed by atoms with van der Waals surface area (Å²) in [5, 5.41) is 6.22. The zero-order chi connectivity index (χ0) is 13.0. The van der Waals surface area contributed by atoms with E-state index in [9.17, 15) is 4.79 Å². The zero-order valence-corrected chi connectivity index (χ0v) is 12.3. The Hall–Kier alpha value is -1.10. The third-order valence-electron chi connectivity index (χ3n) is 3.13. The number of hydrogen-bond donors (Lipinski definition) is 2. The highest BCUT2D eigenvalue weighted by Gasteiger charge is 2.15. The van der Waals surface area contributed by atoms with Crippen LogP contribution in [0.3, 0.4) is 0 Å². The third-order valence-corrected chi connectivity index (χ3v) is 3.13. The van der Waals surface area contributed by atoms with Crippen LogP contribution in [0.15, 0.2) is 24.3 Å². The lowest BCUT2D eigenvalue weighted by atomic mass is 10.1. The van der Waals surface area contributed by atoms with E-state index in [1.165, 1.54) is 12.5 Å². The van der Waals surface area contributed by atoms with E-state index in [-0.39, 0.29) is 18.3 Å². The van der Waals surface area contributed by atoms with Gasteiger partial charge in [-0.05, 0) is 24.6 Å². The summed E-state index contributed by atoms with van der Waals surface area (Å²) in [6.45, 7) is 7.96. The number of nitrogens with one attached hydrogen (secondary N) is 2. The maximum Gasteiger partial charge on any atom is 0.221 e. The number of nitrogens with zero attached hydrogens (tertiary/aromatic N) is 1. The number of amides is 1. The Morgan fingerprint density at radius 3 is 2.68 bits per heavy atom. The normalized spacial score (nSPS) is 19.6. The molecule has 1 fully saturated rings. The second-order valence-electron chi connectivity index (χ2n) is 4.97. The van der Waals surface area contributed by atoms with Crippen molar-refractivity contribution >= 4 is 24.0 Å². The molecule has 0 aliphatic carbocycles. The molecule has 106 valence electrons. The highest BCUT2D eigenvalue weighted by Crippen LogP contribution is 2.12. The molecule has 1 aliphatic heterocycles. The molecule has 0 aromatic heterocycles. The molecule has 1 heterocycles. The lowest BCUT2D eigenvalue weighted by Gasteiger charge is -2.31. The molecule has 0 spiro atoms. The summed E-state index contributed by atoms with van der Waals surface area (Å²) in [5.74, 6) is -0.0290. The zero-order valence-electron chi connectivity index (χ0n) is 11.5. The first-order chi connectivity index (χ1) is 8.63. The Labute approximate surface area is 121 Å². The molecule has 1 atom stereocenters. The van der Waals surface area contributed by atoms with Gasteiger partial charge in [0, 0.05) is 44.8 Å². The van der Waals surface area contributed by atoms with Crippen molar-refractivity contribution in [1.29, 1.82) is 0 Å². The highest BCUT2D eigenvalue weighted by atomic mass is 35.5. The van der Waals surface area contributed by atoms with Gasteiger partial charge in [0.15, 0.2) is 0 Å². The largest absolute Gasteiger partial charge is 0.326 e. The highest BCUT2D eigenvalue weighted by molar-refractivity contribution is 5.88. The van der Waals surface area contributed by atoms with Crippen LogP contribution in [0.4, 0.5) is 5.69 Å². The second kappa shape index (κ2) is 7.48. The Morgan fingerprint density at radius 2 is 2.11 bits per heavy atom. The first-order valence-corrected chi connectivity index (χ1v) is 6.46. The predicted molar refractivity (Wildman–Crippen MR) is 80.7 cm³/mol. The molecule has 0 bridgehead atoms. The second-order valence-corrected chi connectivity index (χ2v) is 4.97. The lowest BCUT2D eigenvalue weighted by molar-refractivity contribution is -0.114. The molecule has 2 N–H and O–H groups in total. The van der Waals surface area contributed by atoms with Crippen LogP contribution < -0.4 is 10.6 Å². The van der Waals surface area contributed by atoms with Crippen molar-refractivity contribution in [1.82, 2.24) is 10.2 Å². The van der Waals surface area contributed by atoms with Gasteiger partial charge in [0.1, 0.15) is 0 Å². The van der Waals surface area contributed by atoms with Crippen molar-refractivity contribution in [2.75, 3.05) is 25.0 Å². The minimum absolute atomic E-state index is 0. The van der Waals surface area contributed by atoms with Crippen molar-refractivity contribution < 1.29 is 4.79 Å². The first kappa shape index (κ1) is 16.0. The Morgan fingerprint density at radius 1 is 1.42 bits per heavy atom. The smallest absolute Gasteiger partial charge is 0.221 e. The summed E-state index contributed by atoms with van der Waals surface area (Å²) in [6, 6.07) is 8.65. The molecule has 0 radical (unpaired) electrons. The van der Waals surface area contributed by atoms with Crippen LogP contribution in [-0.4, -0.2) is 36.5 Å². The molecule has 1 amide bonds. The van der Waals surface area contributed by atoms with Crippen LogP contribution in [0.1, 0.15) is 19.4 Å². The van der Waals surface area contributed by atoms with Gasteiger partial charge in [-0.15, -0.1) is 12.4 Å². The van der Waals surface area contributed by atoms with Crippen molar-refractivity contribution in [3.8, 4) is 0 Å². The fourth-order valence-corrected chi connectivity index (χ4v) is 2.31. The summed E-state index contributed by atoms with van der Waals surface area (Å²) >= 11 is 0. The van der Waals surface area contributed by atoms with Crippen LogP contribution >= 0.6 is 12.4 Å². The molecular formula is C14H22ClN3O. The Bertz CT molecular complexity index is 408. The lowest BCUT2D eigenvalue weighted by Crippen LogP contribution is -2.48. The van der Waals surface area contributed by atoms with Crippen molar-refractivity contribution in [3.63, 3.8) is 0 Å². The predicted octanol–water partition coefficient (Wildman–Crippen LogP) is 1.86. The topological polar surface area (TPSA) is 44.4 Å². The van der Waals surface area contributed by atoms with Crippen molar-refractivity contribution in [2.45, 2.75) is 26.4 Å². The Balaban J connectivity index is 0.00000180. The Kier molecular flexibility index (Phi) is 6.28. The molecule has 1 aliphatic rings. The van der Waals surface area contributed by atoms with E-state index in [2.05, 4.69) is 34.6 Å². The van der Waals surface area contributed by atoms with E-state index in [1.807, 2.05) is 12.1 Å².